The molecule has 0 aromatic heterocycles. The molecule has 1 aliphatic carbocycles. The van der Waals surface area contributed by atoms with E-state index < -0.39 is 24.2 Å². The number of nitrogens with two attached hydrogens (primary N) is 1. The molecule has 1 saturated carbocycles. The molecular formula is C17H31N3O5S. The van der Waals surface area contributed by atoms with E-state index in [9.17, 15) is 19.5 Å². The van der Waals surface area contributed by atoms with Crippen molar-refractivity contribution in [3.05, 3.63) is 0 Å². The maximum Gasteiger partial charge on any atom is 0.328 e. The predicted molar refractivity (Wildman–Crippen MR) is 101 cm³/mol. The van der Waals surface area contributed by atoms with Gasteiger partial charge in [-0.25, -0.2) is 4.79 Å². The third-order valence-electron chi connectivity index (χ3n) is 4.80. The molecule has 8 nitrogen and oxygen atoms in total. The van der Waals surface area contributed by atoms with Gasteiger partial charge in [-0.05, 0) is 57.0 Å². The van der Waals surface area contributed by atoms with Gasteiger partial charge in [0, 0.05) is 12.5 Å². The lowest BCUT2D eigenvalue weighted by molar-refractivity contribution is -0.145. The molecule has 0 aromatic rings. The molecule has 1 fully saturated rings. The zero-order chi connectivity index (χ0) is 19.7. The Labute approximate surface area is 158 Å². The fourth-order valence-corrected chi connectivity index (χ4v) is 3.53. The van der Waals surface area contributed by atoms with Crippen LogP contribution in [0.4, 0.5) is 0 Å². The van der Waals surface area contributed by atoms with E-state index in [0.29, 0.717) is 31.7 Å². The Morgan fingerprint density at radius 2 is 1.85 bits per heavy atom. The molecule has 2 amide bonds. The molecular weight excluding hydrogens is 358 g/mol. The summed E-state index contributed by atoms with van der Waals surface area (Å²) in [5.74, 6) is -0.838. The lowest BCUT2D eigenvalue weighted by Crippen LogP contribution is -2.50. The highest BCUT2D eigenvalue weighted by Gasteiger charge is 2.31. The first-order valence-corrected chi connectivity index (χ1v) is 10.4. The smallest absolute Gasteiger partial charge is 0.328 e. The number of hydrogen-bond acceptors (Lipinski definition) is 6. The van der Waals surface area contributed by atoms with Gasteiger partial charge in [-0.15, -0.1) is 0 Å². The highest BCUT2D eigenvalue weighted by Crippen LogP contribution is 2.28. The summed E-state index contributed by atoms with van der Waals surface area (Å²) in [5.41, 5.74) is 5.83. The zero-order valence-corrected chi connectivity index (χ0v) is 16.3. The van der Waals surface area contributed by atoms with Gasteiger partial charge in [-0.1, -0.05) is 0 Å². The maximum atomic E-state index is 12.2. The number of hydrogen-bond donors (Lipinski definition) is 5. The standard InChI is InChI=1S/C17H31N3O5S/c1-10(21)14(17(24)25)20-15(22)12-5-3-11(4-6-12)9-19-16(23)13(18)7-8-26-2/h10-14,21H,3-9,18H2,1-2H3,(H,19,23)(H,20,22)(H,24,25). The van der Waals surface area contributed by atoms with Crippen LogP contribution in [0.1, 0.15) is 39.0 Å². The molecule has 150 valence electrons. The van der Waals surface area contributed by atoms with Crippen LogP contribution in [0.3, 0.4) is 0 Å². The van der Waals surface area contributed by atoms with E-state index in [0.717, 1.165) is 18.6 Å². The summed E-state index contributed by atoms with van der Waals surface area (Å²) >= 11 is 1.65. The molecule has 26 heavy (non-hydrogen) atoms. The lowest BCUT2D eigenvalue weighted by atomic mass is 9.81. The van der Waals surface area contributed by atoms with Crippen molar-refractivity contribution in [2.45, 2.75) is 57.2 Å². The van der Waals surface area contributed by atoms with E-state index >= 15 is 0 Å². The first-order chi connectivity index (χ1) is 12.3. The Hall–Kier alpha value is -1.32. The zero-order valence-electron chi connectivity index (χ0n) is 15.4. The van der Waals surface area contributed by atoms with Crippen molar-refractivity contribution in [1.29, 1.82) is 0 Å². The van der Waals surface area contributed by atoms with Crippen LogP contribution in [0.2, 0.25) is 0 Å². The monoisotopic (exact) mass is 389 g/mol. The Kier molecular flexibility index (Phi) is 9.97. The highest BCUT2D eigenvalue weighted by molar-refractivity contribution is 7.98. The first-order valence-electron chi connectivity index (χ1n) is 8.99. The third kappa shape index (κ3) is 7.51. The van der Waals surface area contributed by atoms with Crippen molar-refractivity contribution < 1.29 is 24.6 Å². The summed E-state index contributed by atoms with van der Waals surface area (Å²) in [5, 5.41) is 23.8. The Morgan fingerprint density at radius 1 is 1.23 bits per heavy atom. The van der Waals surface area contributed by atoms with Crippen molar-refractivity contribution in [3.63, 3.8) is 0 Å². The van der Waals surface area contributed by atoms with Crippen molar-refractivity contribution in [1.82, 2.24) is 10.6 Å². The van der Waals surface area contributed by atoms with Gasteiger partial charge in [0.25, 0.3) is 0 Å². The quantitative estimate of drug-likeness (QED) is 0.352. The number of amides is 2. The minimum atomic E-state index is -1.29. The minimum absolute atomic E-state index is 0.139. The average molecular weight is 390 g/mol. The number of carbonyl (C=O) groups excluding carboxylic acids is 2. The summed E-state index contributed by atoms with van der Waals surface area (Å²) in [6, 6.07) is -1.78. The summed E-state index contributed by atoms with van der Waals surface area (Å²) < 4.78 is 0. The van der Waals surface area contributed by atoms with Crippen molar-refractivity contribution in [2.75, 3.05) is 18.6 Å². The molecule has 0 aliphatic heterocycles. The molecule has 0 heterocycles. The summed E-state index contributed by atoms with van der Waals surface area (Å²) in [6.45, 7) is 1.88. The molecule has 1 aliphatic rings. The topological polar surface area (TPSA) is 142 Å². The van der Waals surface area contributed by atoms with Gasteiger partial charge >= 0.3 is 5.97 Å². The normalized spacial score (nSPS) is 23.5. The minimum Gasteiger partial charge on any atom is -0.480 e. The Bertz CT molecular complexity index is 481. The van der Waals surface area contributed by atoms with Gasteiger partial charge in [-0.2, -0.15) is 11.8 Å². The highest BCUT2D eigenvalue weighted by atomic mass is 32.2. The van der Waals surface area contributed by atoms with Crippen LogP contribution in [0, 0.1) is 11.8 Å². The van der Waals surface area contributed by atoms with Crippen LogP contribution < -0.4 is 16.4 Å². The van der Waals surface area contributed by atoms with E-state index in [1.807, 2.05) is 6.26 Å². The molecule has 0 aromatic carbocycles. The van der Waals surface area contributed by atoms with Gasteiger partial charge in [0.1, 0.15) is 0 Å². The van der Waals surface area contributed by atoms with Crippen LogP contribution in [-0.4, -0.2) is 64.7 Å². The fourth-order valence-electron chi connectivity index (χ4n) is 3.04. The van der Waals surface area contributed by atoms with E-state index in [4.69, 9.17) is 10.8 Å². The number of nitrogens with one attached hydrogen (secondary N) is 2. The fraction of sp³-hybridized carbons (Fsp3) is 0.824. The van der Waals surface area contributed by atoms with Crippen molar-refractivity contribution >= 4 is 29.5 Å². The largest absolute Gasteiger partial charge is 0.480 e. The van der Waals surface area contributed by atoms with Crippen LogP contribution in [0.15, 0.2) is 0 Å². The molecule has 3 unspecified atom stereocenters. The Balaban J connectivity index is 2.34. The van der Waals surface area contributed by atoms with E-state index in [2.05, 4.69) is 10.6 Å². The molecule has 0 saturated heterocycles. The molecule has 0 radical (unpaired) electrons. The number of carboxylic acids is 1. The van der Waals surface area contributed by atoms with Gasteiger partial charge in [-0.3, -0.25) is 9.59 Å². The third-order valence-corrected chi connectivity index (χ3v) is 5.44. The maximum absolute atomic E-state index is 12.2. The number of carbonyl (C=O) groups is 3. The van der Waals surface area contributed by atoms with E-state index in [1.54, 1.807) is 11.8 Å². The van der Waals surface area contributed by atoms with Gasteiger partial charge in [0.15, 0.2) is 6.04 Å². The molecule has 3 atom stereocenters. The van der Waals surface area contributed by atoms with Crippen molar-refractivity contribution in [3.8, 4) is 0 Å². The molecule has 0 bridgehead atoms. The summed E-state index contributed by atoms with van der Waals surface area (Å²) in [6.07, 6.45) is 4.30. The number of aliphatic hydroxyl groups excluding tert-OH is 1. The molecule has 6 N–H and O–H groups in total. The van der Waals surface area contributed by atoms with Gasteiger partial charge in [0.2, 0.25) is 11.8 Å². The second-order valence-electron chi connectivity index (χ2n) is 6.92. The number of rotatable bonds is 10. The second-order valence-corrected chi connectivity index (χ2v) is 7.90. The first kappa shape index (κ1) is 22.7. The molecule has 0 spiro atoms. The van der Waals surface area contributed by atoms with E-state index in [-0.39, 0.29) is 17.7 Å². The van der Waals surface area contributed by atoms with Crippen LogP contribution >= 0.6 is 11.8 Å². The number of aliphatic hydroxyl groups is 1. The van der Waals surface area contributed by atoms with E-state index in [1.165, 1.54) is 6.92 Å². The van der Waals surface area contributed by atoms with Crippen LogP contribution in [-0.2, 0) is 14.4 Å². The van der Waals surface area contributed by atoms with Gasteiger partial charge < -0.3 is 26.6 Å². The van der Waals surface area contributed by atoms with Crippen LogP contribution in [0.5, 0.6) is 0 Å². The predicted octanol–water partition coefficient (Wildman–Crippen LogP) is -0.0604. The molecule has 1 rings (SSSR count). The van der Waals surface area contributed by atoms with Gasteiger partial charge in [0.05, 0.1) is 12.1 Å². The lowest BCUT2D eigenvalue weighted by Gasteiger charge is -2.29. The number of aliphatic carboxylic acids is 1. The van der Waals surface area contributed by atoms with Crippen LogP contribution in [0.25, 0.3) is 0 Å². The SMILES string of the molecule is CSCCC(N)C(=O)NCC1CCC(C(=O)NC(C(=O)O)C(C)O)CC1. The second kappa shape index (κ2) is 11.4. The Morgan fingerprint density at radius 3 is 2.35 bits per heavy atom. The molecule has 9 heteroatoms. The number of thioether (sulfide) groups is 1. The average Bonchev–Trinajstić information content (AvgIpc) is 2.61. The number of carboxylic acid groups (broad SMARTS) is 1. The summed E-state index contributed by atoms with van der Waals surface area (Å²) in [7, 11) is 0. The summed E-state index contributed by atoms with van der Waals surface area (Å²) in [4.78, 5) is 35.2. The van der Waals surface area contributed by atoms with Crippen molar-refractivity contribution in [2.24, 2.45) is 17.6 Å².